The highest BCUT2D eigenvalue weighted by atomic mass is 32.1. The van der Waals surface area contributed by atoms with Crippen molar-refractivity contribution in [2.75, 3.05) is 5.73 Å². The molecule has 2 N–H and O–H groups in total. The summed E-state index contributed by atoms with van der Waals surface area (Å²) in [5.41, 5.74) is 6.67. The lowest BCUT2D eigenvalue weighted by atomic mass is 10.1. The van der Waals surface area contributed by atoms with Crippen molar-refractivity contribution in [2.24, 2.45) is 0 Å². The van der Waals surface area contributed by atoms with E-state index in [4.69, 9.17) is 5.73 Å². The standard InChI is InChI=1S/C11H9F2NS/c1-6-2-8(5-15-6)7-3-9(12)11(13)10(14)4-7/h2-5H,14H2,1H3. The van der Waals surface area contributed by atoms with Gasteiger partial charge in [0.1, 0.15) is 0 Å². The first-order valence-electron chi connectivity index (χ1n) is 4.38. The van der Waals surface area contributed by atoms with Gasteiger partial charge in [0.05, 0.1) is 5.69 Å². The van der Waals surface area contributed by atoms with Crippen LogP contribution in [-0.4, -0.2) is 0 Å². The molecule has 0 aliphatic rings. The Hall–Kier alpha value is -1.42. The van der Waals surface area contributed by atoms with Gasteiger partial charge in [0, 0.05) is 4.88 Å². The molecule has 15 heavy (non-hydrogen) atoms. The Morgan fingerprint density at radius 2 is 1.87 bits per heavy atom. The van der Waals surface area contributed by atoms with Crippen molar-refractivity contribution in [3.63, 3.8) is 0 Å². The number of benzene rings is 1. The molecule has 2 rings (SSSR count). The molecule has 1 aromatic heterocycles. The maximum Gasteiger partial charge on any atom is 0.181 e. The zero-order valence-corrected chi connectivity index (χ0v) is 8.87. The molecule has 0 fully saturated rings. The summed E-state index contributed by atoms with van der Waals surface area (Å²) < 4.78 is 26.0. The molecule has 0 spiro atoms. The molecule has 0 radical (unpaired) electrons. The van der Waals surface area contributed by atoms with Gasteiger partial charge in [-0.3, -0.25) is 0 Å². The molecular weight excluding hydrogens is 216 g/mol. The first-order chi connectivity index (χ1) is 7.08. The molecule has 0 atom stereocenters. The maximum atomic E-state index is 13.1. The number of thiophene rings is 1. The molecule has 0 saturated carbocycles. The number of hydrogen-bond donors (Lipinski definition) is 1. The second-order valence-electron chi connectivity index (χ2n) is 3.31. The molecule has 0 bridgehead atoms. The first-order valence-corrected chi connectivity index (χ1v) is 5.26. The number of nitrogen functional groups attached to an aromatic ring is 1. The fourth-order valence-corrected chi connectivity index (χ4v) is 2.08. The van der Waals surface area contributed by atoms with Crippen LogP contribution in [0, 0.1) is 18.6 Å². The zero-order valence-electron chi connectivity index (χ0n) is 8.05. The van der Waals surface area contributed by atoms with Crippen LogP contribution in [0.3, 0.4) is 0 Å². The van der Waals surface area contributed by atoms with Crippen molar-refractivity contribution in [3.8, 4) is 11.1 Å². The van der Waals surface area contributed by atoms with Crippen LogP contribution in [0.4, 0.5) is 14.5 Å². The van der Waals surface area contributed by atoms with Gasteiger partial charge >= 0.3 is 0 Å². The Balaban J connectivity index is 2.55. The van der Waals surface area contributed by atoms with Crippen molar-refractivity contribution in [1.82, 2.24) is 0 Å². The lowest BCUT2D eigenvalue weighted by Gasteiger charge is -2.02. The van der Waals surface area contributed by atoms with Crippen molar-refractivity contribution >= 4 is 17.0 Å². The predicted octanol–water partition coefficient (Wildman–Crippen LogP) is 3.58. The molecule has 0 aliphatic carbocycles. The van der Waals surface area contributed by atoms with Crippen LogP contribution in [-0.2, 0) is 0 Å². The van der Waals surface area contributed by atoms with Crippen LogP contribution in [0.25, 0.3) is 11.1 Å². The van der Waals surface area contributed by atoms with Crippen LogP contribution in [0.2, 0.25) is 0 Å². The Labute approximate surface area is 90.2 Å². The largest absolute Gasteiger partial charge is 0.396 e. The predicted molar refractivity (Wildman–Crippen MR) is 58.8 cm³/mol. The molecule has 1 nitrogen and oxygen atoms in total. The highest BCUT2D eigenvalue weighted by Crippen LogP contribution is 2.28. The van der Waals surface area contributed by atoms with Crippen molar-refractivity contribution in [1.29, 1.82) is 0 Å². The summed E-state index contributed by atoms with van der Waals surface area (Å²) in [6, 6.07) is 4.52. The summed E-state index contributed by atoms with van der Waals surface area (Å²) in [7, 11) is 0. The topological polar surface area (TPSA) is 26.0 Å². The highest BCUT2D eigenvalue weighted by molar-refractivity contribution is 7.10. The third-order valence-corrected chi connectivity index (χ3v) is 2.98. The number of aryl methyl sites for hydroxylation is 1. The van der Waals surface area contributed by atoms with E-state index in [1.54, 1.807) is 11.3 Å². The van der Waals surface area contributed by atoms with Crippen LogP contribution >= 0.6 is 11.3 Å². The van der Waals surface area contributed by atoms with Gasteiger partial charge in [-0.15, -0.1) is 11.3 Å². The zero-order chi connectivity index (χ0) is 11.0. The fraction of sp³-hybridized carbons (Fsp3) is 0.0909. The minimum Gasteiger partial charge on any atom is -0.396 e. The molecule has 78 valence electrons. The number of halogens is 2. The van der Waals surface area contributed by atoms with Crippen molar-refractivity contribution < 1.29 is 8.78 Å². The lowest BCUT2D eigenvalue weighted by Crippen LogP contribution is -1.94. The van der Waals surface area contributed by atoms with Gasteiger partial charge < -0.3 is 5.73 Å². The SMILES string of the molecule is Cc1cc(-c2cc(N)c(F)c(F)c2)cs1. The fourth-order valence-electron chi connectivity index (χ4n) is 1.37. The lowest BCUT2D eigenvalue weighted by molar-refractivity contribution is 0.512. The van der Waals surface area contributed by atoms with E-state index in [9.17, 15) is 8.78 Å². The van der Waals surface area contributed by atoms with Crippen LogP contribution in [0.5, 0.6) is 0 Å². The average molecular weight is 225 g/mol. The van der Waals surface area contributed by atoms with Crippen LogP contribution in [0.1, 0.15) is 4.88 Å². The number of hydrogen-bond acceptors (Lipinski definition) is 2. The van der Waals surface area contributed by atoms with E-state index in [1.165, 1.54) is 6.07 Å². The molecule has 0 aliphatic heterocycles. The summed E-state index contributed by atoms with van der Waals surface area (Å²) in [6.07, 6.45) is 0. The maximum absolute atomic E-state index is 13.1. The van der Waals surface area contributed by atoms with Crippen molar-refractivity contribution in [3.05, 3.63) is 40.1 Å². The minimum absolute atomic E-state index is 0.158. The van der Waals surface area contributed by atoms with Gasteiger partial charge in [-0.1, -0.05) is 0 Å². The first kappa shape index (κ1) is 10.1. The molecule has 0 unspecified atom stereocenters. The summed E-state index contributed by atoms with van der Waals surface area (Å²) in [6.45, 7) is 1.96. The van der Waals surface area contributed by atoms with E-state index < -0.39 is 11.6 Å². The molecule has 1 aromatic carbocycles. The molecule has 4 heteroatoms. The smallest absolute Gasteiger partial charge is 0.181 e. The summed E-state index contributed by atoms with van der Waals surface area (Å²) in [5, 5.41) is 1.89. The number of nitrogens with two attached hydrogens (primary N) is 1. The van der Waals surface area contributed by atoms with E-state index in [2.05, 4.69) is 0 Å². The Morgan fingerprint density at radius 3 is 2.40 bits per heavy atom. The summed E-state index contributed by atoms with van der Waals surface area (Å²) >= 11 is 1.56. The molecule has 1 heterocycles. The average Bonchev–Trinajstić information content (AvgIpc) is 2.60. The Morgan fingerprint density at radius 1 is 1.13 bits per heavy atom. The quantitative estimate of drug-likeness (QED) is 0.737. The van der Waals surface area contributed by atoms with E-state index >= 15 is 0 Å². The molecular formula is C11H9F2NS. The minimum atomic E-state index is -0.981. The summed E-state index contributed by atoms with van der Waals surface area (Å²) in [4.78, 5) is 1.12. The molecule has 2 aromatic rings. The summed E-state index contributed by atoms with van der Waals surface area (Å²) in [5.74, 6) is -1.89. The second-order valence-corrected chi connectivity index (χ2v) is 4.42. The normalized spacial score (nSPS) is 10.6. The van der Waals surface area contributed by atoms with E-state index in [1.807, 2.05) is 18.4 Å². The monoisotopic (exact) mass is 225 g/mol. The highest BCUT2D eigenvalue weighted by Gasteiger charge is 2.09. The second kappa shape index (κ2) is 3.62. The van der Waals surface area contributed by atoms with Gasteiger partial charge in [0.2, 0.25) is 0 Å². The van der Waals surface area contributed by atoms with E-state index in [-0.39, 0.29) is 5.69 Å². The van der Waals surface area contributed by atoms with Crippen LogP contribution < -0.4 is 5.73 Å². The van der Waals surface area contributed by atoms with E-state index in [0.717, 1.165) is 16.5 Å². The van der Waals surface area contributed by atoms with Crippen molar-refractivity contribution in [2.45, 2.75) is 6.92 Å². The molecule has 0 saturated heterocycles. The van der Waals surface area contributed by atoms with Gasteiger partial charge in [0.25, 0.3) is 0 Å². The third kappa shape index (κ3) is 1.85. The number of rotatable bonds is 1. The Kier molecular flexibility index (Phi) is 2.44. The van der Waals surface area contributed by atoms with Gasteiger partial charge in [-0.2, -0.15) is 0 Å². The third-order valence-electron chi connectivity index (χ3n) is 2.12. The van der Waals surface area contributed by atoms with Gasteiger partial charge in [-0.25, -0.2) is 8.78 Å². The van der Waals surface area contributed by atoms with Crippen LogP contribution in [0.15, 0.2) is 23.6 Å². The number of anilines is 1. The van der Waals surface area contributed by atoms with Gasteiger partial charge in [0.15, 0.2) is 11.6 Å². The van der Waals surface area contributed by atoms with Gasteiger partial charge in [-0.05, 0) is 41.6 Å². The Bertz CT molecular complexity index is 482. The van der Waals surface area contributed by atoms with E-state index in [0.29, 0.717) is 5.56 Å². The molecule has 0 amide bonds.